The smallest absolute Gasteiger partial charge is 0.211 e. The van der Waals surface area contributed by atoms with E-state index in [1.807, 2.05) is 32.0 Å². The number of amidine groups is 1. The predicted molar refractivity (Wildman–Crippen MR) is 70.3 cm³/mol. The molecular formula is C13H17FN4. The Hall–Kier alpha value is -1.88. The van der Waals surface area contributed by atoms with Gasteiger partial charge in [-0.3, -0.25) is 5.73 Å². The first-order valence-electron chi connectivity index (χ1n) is 5.69. The Bertz CT molecular complexity index is 504. The Morgan fingerprint density at radius 1 is 1.28 bits per heavy atom. The summed E-state index contributed by atoms with van der Waals surface area (Å²) >= 11 is 0. The molecule has 1 aromatic carbocycles. The maximum Gasteiger partial charge on any atom is 0.211 e. The highest BCUT2D eigenvalue weighted by molar-refractivity contribution is 5.94. The predicted octanol–water partition coefficient (Wildman–Crippen LogP) is 1.36. The number of benzene rings is 1. The summed E-state index contributed by atoms with van der Waals surface area (Å²) in [6.07, 6.45) is 1.91. The van der Waals surface area contributed by atoms with Gasteiger partial charge in [0.2, 0.25) is 5.79 Å². The summed E-state index contributed by atoms with van der Waals surface area (Å²) in [4.78, 5) is 6.36. The zero-order valence-corrected chi connectivity index (χ0v) is 10.7. The maximum atomic E-state index is 12.9. The standard InChI is InChI=1S/C13H17FN4/c1-9-8-12(18(2)3)17-13(15,16-9)10-4-6-11(14)7-5-10/h4-8,16H,15H2,1-3H3. The first kappa shape index (κ1) is 12.6. The highest BCUT2D eigenvalue weighted by atomic mass is 19.1. The lowest BCUT2D eigenvalue weighted by molar-refractivity contribution is 0.385. The number of rotatable bonds is 1. The Balaban J connectivity index is 2.42. The maximum absolute atomic E-state index is 12.9. The van der Waals surface area contributed by atoms with Crippen LogP contribution in [0, 0.1) is 5.82 Å². The second-order valence-electron chi connectivity index (χ2n) is 4.59. The molecule has 1 heterocycles. The Labute approximate surface area is 106 Å². The highest BCUT2D eigenvalue weighted by Crippen LogP contribution is 2.22. The summed E-state index contributed by atoms with van der Waals surface area (Å²) in [6, 6.07) is 6.03. The molecule has 96 valence electrons. The fraction of sp³-hybridized carbons (Fsp3) is 0.308. The molecule has 1 atom stereocenters. The van der Waals surface area contributed by atoms with Gasteiger partial charge in [0.05, 0.1) is 0 Å². The second-order valence-corrected chi connectivity index (χ2v) is 4.59. The number of hydrogen-bond donors (Lipinski definition) is 2. The Morgan fingerprint density at radius 3 is 2.44 bits per heavy atom. The van der Waals surface area contributed by atoms with E-state index in [1.165, 1.54) is 12.1 Å². The fourth-order valence-corrected chi connectivity index (χ4v) is 1.84. The molecule has 3 N–H and O–H groups in total. The van der Waals surface area contributed by atoms with Crippen molar-refractivity contribution in [2.24, 2.45) is 10.7 Å². The van der Waals surface area contributed by atoms with Gasteiger partial charge in [0.1, 0.15) is 11.7 Å². The highest BCUT2D eigenvalue weighted by Gasteiger charge is 2.30. The van der Waals surface area contributed by atoms with Gasteiger partial charge in [-0.2, -0.15) is 0 Å². The summed E-state index contributed by atoms with van der Waals surface area (Å²) in [7, 11) is 3.80. The Kier molecular flexibility index (Phi) is 3.09. The van der Waals surface area contributed by atoms with E-state index in [0.717, 1.165) is 17.1 Å². The van der Waals surface area contributed by atoms with Crippen LogP contribution < -0.4 is 11.1 Å². The third kappa shape index (κ3) is 2.36. The monoisotopic (exact) mass is 248 g/mol. The summed E-state index contributed by atoms with van der Waals surface area (Å²) in [5.74, 6) is -0.563. The van der Waals surface area contributed by atoms with Crippen molar-refractivity contribution in [2.75, 3.05) is 14.1 Å². The summed E-state index contributed by atoms with van der Waals surface area (Å²) in [5, 5.41) is 3.12. The van der Waals surface area contributed by atoms with E-state index >= 15 is 0 Å². The van der Waals surface area contributed by atoms with E-state index in [9.17, 15) is 4.39 Å². The van der Waals surface area contributed by atoms with Crippen LogP contribution in [0.4, 0.5) is 4.39 Å². The quantitative estimate of drug-likeness (QED) is 0.789. The molecule has 1 aliphatic rings. The second kappa shape index (κ2) is 4.42. The van der Waals surface area contributed by atoms with Gasteiger partial charge in [0.25, 0.3) is 0 Å². The molecule has 0 saturated heterocycles. The minimum absolute atomic E-state index is 0.290. The lowest BCUT2D eigenvalue weighted by Crippen LogP contribution is -2.51. The van der Waals surface area contributed by atoms with Crippen LogP contribution >= 0.6 is 0 Å². The van der Waals surface area contributed by atoms with Crippen molar-refractivity contribution in [3.05, 3.63) is 47.4 Å². The van der Waals surface area contributed by atoms with Crippen molar-refractivity contribution in [3.8, 4) is 0 Å². The topological polar surface area (TPSA) is 53.6 Å². The van der Waals surface area contributed by atoms with Crippen LogP contribution in [0.15, 0.2) is 41.0 Å². The van der Waals surface area contributed by atoms with Crippen molar-refractivity contribution >= 4 is 5.84 Å². The minimum Gasteiger partial charge on any atom is -0.363 e. The molecule has 0 aromatic heterocycles. The zero-order chi connectivity index (χ0) is 13.3. The third-order valence-corrected chi connectivity index (χ3v) is 2.77. The first-order chi connectivity index (χ1) is 8.40. The molecule has 1 unspecified atom stereocenters. The Morgan fingerprint density at radius 2 is 1.89 bits per heavy atom. The van der Waals surface area contributed by atoms with Crippen molar-refractivity contribution in [1.29, 1.82) is 0 Å². The number of aliphatic imine (C=N–C) groups is 1. The van der Waals surface area contributed by atoms with Crippen LogP contribution in [-0.4, -0.2) is 24.8 Å². The molecule has 1 aromatic rings. The SMILES string of the molecule is CC1=CC(N(C)C)=NC(N)(c2ccc(F)cc2)N1. The molecule has 0 fully saturated rings. The van der Waals surface area contributed by atoms with E-state index in [2.05, 4.69) is 10.3 Å². The average Bonchev–Trinajstić information content (AvgIpc) is 2.28. The molecule has 0 bridgehead atoms. The van der Waals surface area contributed by atoms with Crippen LogP contribution in [0.5, 0.6) is 0 Å². The lowest BCUT2D eigenvalue weighted by atomic mass is 10.1. The number of nitrogens with one attached hydrogen (secondary N) is 1. The van der Waals surface area contributed by atoms with Crippen LogP contribution in [0.2, 0.25) is 0 Å². The summed E-state index contributed by atoms with van der Waals surface area (Å²) < 4.78 is 12.9. The number of likely N-dealkylation sites (N-methyl/N-ethyl adjacent to an activating group) is 1. The number of halogens is 1. The molecule has 0 amide bonds. The molecule has 18 heavy (non-hydrogen) atoms. The molecule has 4 nitrogen and oxygen atoms in total. The molecule has 0 spiro atoms. The van der Waals surface area contributed by atoms with E-state index in [-0.39, 0.29) is 5.82 Å². The van der Waals surface area contributed by atoms with Gasteiger partial charge >= 0.3 is 0 Å². The van der Waals surface area contributed by atoms with Gasteiger partial charge in [-0.15, -0.1) is 0 Å². The number of hydrogen-bond acceptors (Lipinski definition) is 4. The van der Waals surface area contributed by atoms with Crippen LogP contribution in [0.25, 0.3) is 0 Å². The average molecular weight is 248 g/mol. The number of nitrogens with two attached hydrogens (primary N) is 1. The van der Waals surface area contributed by atoms with Gasteiger partial charge in [-0.05, 0) is 25.1 Å². The molecule has 0 aliphatic carbocycles. The fourth-order valence-electron chi connectivity index (χ4n) is 1.84. The number of allylic oxidation sites excluding steroid dienone is 1. The lowest BCUT2D eigenvalue weighted by Gasteiger charge is -2.33. The van der Waals surface area contributed by atoms with Gasteiger partial charge < -0.3 is 10.2 Å². The van der Waals surface area contributed by atoms with Crippen molar-refractivity contribution in [2.45, 2.75) is 12.7 Å². The van der Waals surface area contributed by atoms with Crippen molar-refractivity contribution < 1.29 is 4.39 Å². The van der Waals surface area contributed by atoms with E-state index in [0.29, 0.717) is 0 Å². The molecule has 0 radical (unpaired) electrons. The largest absolute Gasteiger partial charge is 0.363 e. The minimum atomic E-state index is -1.05. The van der Waals surface area contributed by atoms with Gasteiger partial charge in [0, 0.05) is 25.4 Å². The summed E-state index contributed by atoms with van der Waals surface area (Å²) in [5.41, 5.74) is 7.90. The van der Waals surface area contributed by atoms with E-state index < -0.39 is 5.79 Å². The van der Waals surface area contributed by atoms with Gasteiger partial charge in [-0.25, -0.2) is 9.38 Å². The van der Waals surface area contributed by atoms with E-state index in [1.54, 1.807) is 12.1 Å². The van der Waals surface area contributed by atoms with Crippen LogP contribution in [-0.2, 0) is 5.79 Å². The zero-order valence-electron chi connectivity index (χ0n) is 10.7. The van der Waals surface area contributed by atoms with Gasteiger partial charge in [0.15, 0.2) is 0 Å². The molecule has 2 rings (SSSR count). The number of nitrogens with zero attached hydrogens (tertiary/aromatic N) is 2. The first-order valence-corrected chi connectivity index (χ1v) is 5.69. The summed E-state index contributed by atoms with van der Waals surface area (Å²) in [6.45, 7) is 1.92. The molecule has 1 aliphatic heterocycles. The van der Waals surface area contributed by atoms with Crippen molar-refractivity contribution in [1.82, 2.24) is 10.2 Å². The van der Waals surface area contributed by atoms with Crippen molar-refractivity contribution in [3.63, 3.8) is 0 Å². The van der Waals surface area contributed by atoms with E-state index in [4.69, 9.17) is 5.73 Å². The van der Waals surface area contributed by atoms with Crippen LogP contribution in [0.3, 0.4) is 0 Å². The molecule has 5 heteroatoms. The van der Waals surface area contributed by atoms with Gasteiger partial charge in [-0.1, -0.05) is 12.1 Å². The molecule has 0 saturated carbocycles. The third-order valence-electron chi connectivity index (χ3n) is 2.77. The normalized spacial score (nSPS) is 22.9. The van der Waals surface area contributed by atoms with Crippen LogP contribution in [0.1, 0.15) is 12.5 Å². The molecular weight excluding hydrogens is 231 g/mol.